The fourth-order valence-corrected chi connectivity index (χ4v) is 4.28. The molecule has 0 bridgehead atoms. The summed E-state index contributed by atoms with van der Waals surface area (Å²) in [6.07, 6.45) is -4.77. The number of carbonyl (C=O) groups excluding carboxylic acids is 2. The van der Waals surface area contributed by atoms with Gasteiger partial charge in [0.15, 0.2) is 0 Å². The van der Waals surface area contributed by atoms with Crippen LogP contribution in [0.4, 0.5) is 18.9 Å². The van der Waals surface area contributed by atoms with E-state index in [0.717, 1.165) is 4.80 Å². The second-order valence-electron chi connectivity index (χ2n) is 10.0. The van der Waals surface area contributed by atoms with Gasteiger partial charge in [-0.25, -0.2) is 4.68 Å². The van der Waals surface area contributed by atoms with Crippen molar-refractivity contribution in [2.75, 3.05) is 5.32 Å². The molecule has 0 saturated carbocycles. The fourth-order valence-electron chi connectivity index (χ4n) is 3.83. The first kappa shape index (κ1) is 29.4. The number of anilines is 1. The number of halogens is 4. The number of para-hydroxylation sites is 1. The van der Waals surface area contributed by atoms with Crippen molar-refractivity contribution in [1.29, 1.82) is 5.26 Å². The lowest BCUT2D eigenvalue weighted by Gasteiger charge is -2.22. The van der Waals surface area contributed by atoms with Crippen molar-refractivity contribution < 1.29 is 22.8 Å². The number of nitrogens with one attached hydrogen (secondary N) is 2. The quantitative estimate of drug-likeness (QED) is 0.316. The molecule has 11 nitrogen and oxygen atoms in total. The molecule has 41 heavy (non-hydrogen) atoms. The molecule has 4 rings (SSSR count). The number of carbonyl (C=O) groups is 2. The Morgan fingerprint density at radius 1 is 1.07 bits per heavy atom. The number of hydrogen-bond donors (Lipinski definition) is 2. The van der Waals surface area contributed by atoms with Gasteiger partial charge in [0.1, 0.15) is 12.2 Å². The molecule has 0 fully saturated rings. The molecule has 15 heteroatoms. The first-order valence-corrected chi connectivity index (χ1v) is 12.8. The predicted octanol–water partition coefficient (Wildman–Crippen LogP) is 4.65. The zero-order valence-electron chi connectivity index (χ0n) is 22.2. The highest BCUT2D eigenvalue weighted by Crippen LogP contribution is 2.28. The van der Waals surface area contributed by atoms with Crippen molar-refractivity contribution in [1.82, 2.24) is 35.3 Å². The molecule has 4 aromatic rings. The lowest BCUT2D eigenvalue weighted by Crippen LogP contribution is -2.41. The summed E-state index contributed by atoms with van der Waals surface area (Å²) < 4.78 is 40.7. The summed E-state index contributed by atoms with van der Waals surface area (Å²) in [5, 5.41) is 29.3. The SMILES string of the molecule is Cc1cc(C#N)cc(C(=O)NC(C)(C)C)c1NC(=O)c1cc(Cn2nnc(C(F)(F)F)n2)nn1-c1ccccc1Br. The molecule has 2 N–H and O–H groups in total. The Kier molecular flexibility index (Phi) is 7.98. The van der Waals surface area contributed by atoms with Crippen LogP contribution < -0.4 is 10.6 Å². The molecule has 0 aliphatic heterocycles. The minimum atomic E-state index is -4.77. The van der Waals surface area contributed by atoms with Crippen molar-refractivity contribution >= 4 is 33.4 Å². The van der Waals surface area contributed by atoms with Crippen LogP contribution in [0.1, 0.15) is 64.3 Å². The maximum absolute atomic E-state index is 13.7. The Bertz CT molecular complexity index is 1680. The van der Waals surface area contributed by atoms with Gasteiger partial charge in [-0.05, 0) is 84.7 Å². The zero-order valence-corrected chi connectivity index (χ0v) is 23.8. The Morgan fingerprint density at radius 3 is 2.39 bits per heavy atom. The van der Waals surface area contributed by atoms with Crippen molar-refractivity contribution in [2.45, 2.75) is 46.0 Å². The highest BCUT2D eigenvalue weighted by atomic mass is 79.9. The van der Waals surface area contributed by atoms with Crippen LogP contribution in [0.5, 0.6) is 0 Å². The molecule has 0 aliphatic rings. The topological polar surface area (TPSA) is 143 Å². The average molecular weight is 630 g/mol. The molecule has 212 valence electrons. The number of amides is 2. The third-order valence-electron chi connectivity index (χ3n) is 5.52. The molecular weight excluding hydrogens is 607 g/mol. The van der Waals surface area contributed by atoms with E-state index in [0.29, 0.717) is 15.7 Å². The smallest absolute Gasteiger partial charge is 0.347 e. The summed E-state index contributed by atoms with van der Waals surface area (Å²) >= 11 is 3.43. The van der Waals surface area contributed by atoms with E-state index in [2.05, 4.69) is 47.1 Å². The van der Waals surface area contributed by atoms with Gasteiger partial charge >= 0.3 is 6.18 Å². The number of alkyl halides is 3. The van der Waals surface area contributed by atoms with Crippen LogP contribution in [-0.2, 0) is 12.7 Å². The van der Waals surface area contributed by atoms with Gasteiger partial charge in [-0.1, -0.05) is 12.1 Å². The van der Waals surface area contributed by atoms with Crippen molar-refractivity contribution in [3.05, 3.63) is 80.8 Å². The number of nitriles is 1. The van der Waals surface area contributed by atoms with Crippen LogP contribution in [0.2, 0.25) is 0 Å². The van der Waals surface area contributed by atoms with E-state index in [4.69, 9.17) is 0 Å². The first-order valence-electron chi connectivity index (χ1n) is 12.0. The molecule has 2 aromatic carbocycles. The largest absolute Gasteiger partial charge is 0.455 e. The molecule has 0 spiro atoms. The van der Waals surface area contributed by atoms with Gasteiger partial charge < -0.3 is 10.6 Å². The van der Waals surface area contributed by atoms with Gasteiger partial charge in [0.25, 0.3) is 17.6 Å². The van der Waals surface area contributed by atoms with E-state index in [1.807, 2.05) is 6.07 Å². The maximum Gasteiger partial charge on any atom is 0.455 e. The Labute approximate surface area is 240 Å². The highest BCUT2D eigenvalue weighted by molar-refractivity contribution is 9.10. The maximum atomic E-state index is 13.7. The van der Waals surface area contributed by atoms with E-state index >= 15 is 0 Å². The summed E-state index contributed by atoms with van der Waals surface area (Å²) in [7, 11) is 0. The molecule has 0 unspecified atom stereocenters. The first-order chi connectivity index (χ1) is 19.2. The molecule has 0 radical (unpaired) electrons. The standard InChI is InChI=1S/C26H23BrF3N9O2/c1-14-9-15(12-31)10-17(22(40)33-25(2,3)4)21(14)32-23(41)20-11-16(13-38-36-24(34-37-38)26(28,29)30)35-39(20)19-8-6-5-7-18(19)27/h5-11H,13H2,1-4H3,(H,32,41)(H,33,40). The summed E-state index contributed by atoms with van der Waals surface area (Å²) in [6.45, 7) is 6.72. The number of tetrazole rings is 1. The third-order valence-corrected chi connectivity index (χ3v) is 6.19. The molecule has 0 aliphatic carbocycles. The Hall–Kier alpha value is -4.58. The summed E-state index contributed by atoms with van der Waals surface area (Å²) in [4.78, 5) is 27.6. The minimum absolute atomic E-state index is 0.00833. The molecule has 0 atom stereocenters. The molecular formula is C26H23BrF3N9O2. The number of aromatic nitrogens is 6. The van der Waals surface area contributed by atoms with Gasteiger partial charge in [0, 0.05) is 10.0 Å². The molecule has 2 amide bonds. The average Bonchev–Trinajstić information content (AvgIpc) is 3.52. The van der Waals surface area contributed by atoms with Crippen LogP contribution in [0.15, 0.2) is 46.9 Å². The van der Waals surface area contributed by atoms with E-state index in [9.17, 15) is 28.0 Å². The van der Waals surface area contributed by atoms with Crippen molar-refractivity contribution in [3.63, 3.8) is 0 Å². The van der Waals surface area contributed by atoms with Crippen LogP contribution in [0.3, 0.4) is 0 Å². The Balaban J connectivity index is 1.76. The van der Waals surface area contributed by atoms with E-state index in [-0.39, 0.29) is 34.7 Å². The zero-order chi connectivity index (χ0) is 30.1. The van der Waals surface area contributed by atoms with Crippen LogP contribution >= 0.6 is 15.9 Å². The van der Waals surface area contributed by atoms with E-state index < -0.39 is 29.4 Å². The van der Waals surface area contributed by atoms with Gasteiger partial charge in [0.05, 0.1) is 34.3 Å². The van der Waals surface area contributed by atoms with E-state index in [1.54, 1.807) is 52.0 Å². The van der Waals surface area contributed by atoms with Gasteiger partial charge in [-0.3, -0.25) is 9.59 Å². The van der Waals surface area contributed by atoms with E-state index in [1.165, 1.54) is 22.9 Å². The monoisotopic (exact) mass is 629 g/mol. The number of benzene rings is 2. The lowest BCUT2D eigenvalue weighted by molar-refractivity contribution is -0.145. The molecule has 0 saturated heterocycles. The van der Waals surface area contributed by atoms with Crippen molar-refractivity contribution in [3.8, 4) is 11.8 Å². The summed E-state index contributed by atoms with van der Waals surface area (Å²) in [6, 6.07) is 13.2. The van der Waals surface area contributed by atoms with Crippen molar-refractivity contribution in [2.24, 2.45) is 0 Å². The number of nitrogens with zero attached hydrogens (tertiary/aromatic N) is 7. The second kappa shape index (κ2) is 11.1. The molecule has 2 aromatic heterocycles. The second-order valence-corrected chi connectivity index (χ2v) is 10.9. The van der Waals surface area contributed by atoms with Crippen LogP contribution in [-0.4, -0.2) is 47.3 Å². The molecule has 2 heterocycles. The number of hydrogen-bond acceptors (Lipinski definition) is 7. The number of aryl methyl sites for hydroxylation is 1. The summed E-state index contributed by atoms with van der Waals surface area (Å²) in [5.74, 6) is -2.57. The predicted molar refractivity (Wildman–Crippen MR) is 144 cm³/mol. The lowest BCUT2D eigenvalue weighted by atomic mass is 10.0. The van der Waals surface area contributed by atoms with Gasteiger partial charge in [-0.15, -0.1) is 10.2 Å². The minimum Gasteiger partial charge on any atom is -0.347 e. The Morgan fingerprint density at radius 2 is 1.78 bits per heavy atom. The van der Waals surface area contributed by atoms with Crippen LogP contribution in [0, 0.1) is 18.3 Å². The summed E-state index contributed by atoms with van der Waals surface area (Å²) in [5.41, 5.74) is 1.02. The van der Waals surface area contributed by atoms with Gasteiger partial charge in [-0.2, -0.15) is 28.3 Å². The van der Waals surface area contributed by atoms with Crippen LogP contribution in [0.25, 0.3) is 5.69 Å². The fraction of sp³-hybridized carbons (Fsp3) is 0.269. The number of rotatable bonds is 6. The normalized spacial score (nSPS) is 11.7. The van der Waals surface area contributed by atoms with Gasteiger partial charge in [0.2, 0.25) is 0 Å². The third kappa shape index (κ3) is 6.77. The highest BCUT2D eigenvalue weighted by Gasteiger charge is 2.37.